The van der Waals surface area contributed by atoms with Crippen LogP contribution in [0.25, 0.3) is 0 Å². The van der Waals surface area contributed by atoms with E-state index in [-0.39, 0.29) is 23.0 Å². The van der Waals surface area contributed by atoms with Crippen LogP contribution in [0, 0.1) is 5.92 Å². The molecule has 172 valence electrons. The normalized spacial score (nSPS) is 17.6. The van der Waals surface area contributed by atoms with E-state index in [0.29, 0.717) is 43.9 Å². The van der Waals surface area contributed by atoms with Crippen LogP contribution in [-0.4, -0.2) is 50.0 Å². The number of carbonyl (C=O) groups excluding carboxylic acids is 3. The summed E-state index contributed by atoms with van der Waals surface area (Å²) in [6.07, 6.45) is 4.66. The van der Waals surface area contributed by atoms with Crippen molar-refractivity contribution in [1.82, 2.24) is 14.9 Å². The van der Waals surface area contributed by atoms with Crippen LogP contribution in [0.4, 0.5) is 10.5 Å². The van der Waals surface area contributed by atoms with Gasteiger partial charge < -0.3 is 10.2 Å². The Balaban J connectivity index is 1.38. The lowest BCUT2D eigenvalue weighted by Crippen LogP contribution is -2.37. The summed E-state index contributed by atoms with van der Waals surface area (Å²) >= 11 is 1.26. The molecule has 1 aromatic carbocycles. The summed E-state index contributed by atoms with van der Waals surface area (Å²) in [5.74, 6) is 0.689. The molecule has 0 bridgehead atoms. The van der Waals surface area contributed by atoms with Crippen LogP contribution in [-0.2, 0) is 22.7 Å². The van der Waals surface area contributed by atoms with Crippen molar-refractivity contribution in [2.75, 3.05) is 17.6 Å². The Morgan fingerprint density at radius 2 is 1.91 bits per heavy atom. The molecular formula is C24H27N5O3S. The average molecular weight is 466 g/mol. The van der Waals surface area contributed by atoms with E-state index in [1.54, 1.807) is 24.2 Å². The highest BCUT2D eigenvalue weighted by molar-refractivity contribution is 8.13. The third-order valence-corrected chi connectivity index (χ3v) is 6.63. The van der Waals surface area contributed by atoms with Gasteiger partial charge in [-0.25, -0.2) is 9.80 Å². The maximum atomic E-state index is 12.7. The standard InChI is InChI=1S/C24H27N5O3S/c1-16-12-22(31)29(10-3-11-33-17(2)30)27-23(16)18-4-6-21(7-5-18)26-24(32)28-14-19-8-9-25-13-20(19)15-28/h4-9,13,16H,3,10-12,14-15H2,1-2H3,(H,26,32). The van der Waals surface area contributed by atoms with Crippen molar-refractivity contribution < 1.29 is 14.4 Å². The van der Waals surface area contributed by atoms with Gasteiger partial charge in [0.1, 0.15) is 0 Å². The van der Waals surface area contributed by atoms with Gasteiger partial charge in [0.25, 0.3) is 0 Å². The minimum absolute atomic E-state index is 0.00441. The van der Waals surface area contributed by atoms with Crippen molar-refractivity contribution >= 4 is 40.2 Å². The lowest BCUT2D eigenvalue weighted by atomic mass is 9.93. The largest absolute Gasteiger partial charge is 0.322 e. The molecular weight excluding hydrogens is 438 g/mol. The number of aromatic nitrogens is 1. The quantitative estimate of drug-likeness (QED) is 0.654. The van der Waals surface area contributed by atoms with Crippen LogP contribution in [0.2, 0.25) is 0 Å². The average Bonchev–Trinajstić information content (AvgIpc) is 3.23. The molecule has 33 heavy (non-hydrogen) atoms. The molecule has 0 radical (unpaired) electrons. The SMILES string of the molecule is CC(=O)SCCCN1N=C(c2ccc(NC(=O)N3Cc4ccncc4C3)cc2)C(C)CC1=O. The molecule has 4 rings (SSSR count). The van der Waals surface area contributed by atoms with Gasteiger partial charge in [-0.15, -0.1) is 0 Å². The predicted molar refractivity (Wildman–Crippen MR) is 129 cm³/mol. The fourth-order valence-electron chi connectivity index (χ4n) is 3.99. The fraction of sp³-hybridized carbons (Fsp3) is 0.375. The predicted octanol–water partition coefficient (Wildman–Crippen LogP) is 3.87. The first-order valence-corrected chi connectivity index (χ1v) is 12.0. The van der Waals surface area contributed by atoms with Gasteiger partial charge in [-0.1, -0.05) is 30.8 Å². The molecule has 8 nitrogen and oxygen atoms in total. The van der Waals surface area contributed by atoms with Gasteiger partial charge in [0.15, 0.2) is 5.12 Å². The zero-order valence-electron chi connectivity index (χ0n) is 18.8. The molecule has 2 aliphatic heterocycles. The Morgan fingerprint density at radius 3 is 2.64 bits per heavy atom. The number of nitrogens with zero attached hydrogens (tertiary/aromatic N) is 4. The first-order chi connectivity index (χ1) is 15.9. The molecule has 2 aliphatic rings. The summed E-state index contributed by atoms with van der Waals surface area (Å²) < 4.78 is 0. The lowest BCUT2D eigenvalue weighted by Gasteiger charge is -2.27. The zero-order valence-corrected chi connectivity index (χ0v) is 19.6. The highest BCUT2D eigenvalue weighted by Gasteiger charge is 2.27. The number of nitrogens with one attached hydrogen (secondary N) is 1. The van der Waals surface area contributed by atoms with Crippen molar-refractivity contribution in [3.05, 3.63) is 59.4 Å². The van der Waals surface area contributed by atoms with Gasteiger partial charge >= 0.3 is 6.03 Å². The van der Waals surface area contributed by atoms with Gasteiger partial charge in [-0.2, -0.15) is 5.10 Å². The number of thioether (sulfide) groups is 1. The van der Waals surface area contributed by atoms with E-state index in [1.165, 1.54) is 16.8 Å². The Kier molecular flexibility index (Phi) is 7.08. The molecule has 0 fully saturated rings. The lowest BCUT2D eigenvalue weighted by molar-refractivity contribution is -0.132. The van der Waals surface area contributed by atoms with E-state index < -0.39 is 0 Å². The van der Waals surface area contributed by atoms with Crippen LogP contribution in [0.3, 0.4) is 0 Å². The highest BCUT2D eigenvalue weighted by atomic mass is 32.2. The molecule has 0 aliphatic carbocycles. The number of hydrazone groups is 1. The fourth-order valence-corrected chi connectivity index (χ4v) is 4.55. The van der Waals surface area contributed by atoms with E-state index >= 15 is 0 Å². The molecule has 1 N–H and O–H groups in total. The van der Waals surface area contributed by atoms with Gasteiger partial charge in [-0.05, 0) is 41.3 Å². The van der Waals surface area contributed by atoms with Gasteiger partial charge in [0.2, 0.25) is 5.91 Å². The number of benzene rings is 1. The van der Waals surface area contributed by atoms with Crippen LogP contribution < -0.4 is 5.32 Å². The third kappa shape index (κ3) is 5.60. The number of fused-ring (bicyclic) bond motifs is 1. The minimum atomic E-state index is -0.150. The summed E-state index contributed by atoms with van der Waals surface area (Å²) in [5, 5.41) is 9.16. The van der Waals surface area contributed by atoms with Gasteiger partial charge in [0, 0.05) is 62.7 Å². The maximum absolute atomic E-state index is 12.7. The monoisotopic (exact) mass is 465 g/mol. The molecule has 2 aromatic rings. The van der Waals surface area contributed by atoms with Crippen LogP contribution >= 0.6 is 11.8 Å². The van der Waals surface area contributed by atoms with Crippen molar-refractivity contribution in [2.24, 2.45) is 11.0 Å². The summed E-state index contributed by atoms with van der Waals surface area (Å²) in [7, 11) is 0. The molecule has 9 heteroatoms. The summed E-state index contributed by atoms with van der Waals surface area (Å²) in [4.78, 5) is 42.0. The zero-order chi connectivity index (χ0) is 23.4. The van der Waals surface area contributed by atoms with Crippen molar-refractivity contribution in [2.45, 2.75) is 39.8 Å². The van der Waals surface area contributed by atoms with E-state index in [9.17, 15) is 14.4 Å². The third-order valence-electron chi connectivity index (χ3n) is 5.73. The molecule has 0 saturated carbocycles. The number of rotatable bonds is 6. The number of anilines is 1. The molecule has 0 spiro atoms. The maximum Gasteiger partial charge on any atom is 0.322 e. The highest BCUT2D eigenvalue weighted by Crippen LogP contribution is 2.24. The van der Waals surface area contributed by atoms with E-state index in [4.69, 9.17) is 0 Å². The first kappa shape index (κ1) is 23.0. The minimum Gasteiger partial charge on any atom is -0.316 e. The summed E-state index contributed by atoms with van der Waals surface area (Å²) in [6.45, 7) is 5.16. The first-order valence-electron chi connectivity index (χ1n) is 11.0. The smallest absolute Gasteiger partial charge is 0.316 e. The number of pyridine rings is 1. The van der Waals surface area contributed by atoms with Crippen LogP contribution in [0.1, 0.15) is 43.4 Å². The van der Waals surface area contributed by atoms with Gasteiger partial charge in [-0.3, -0.25) is 14.6 Å². The van der Waals surface area contributed by atoms with E-state index in [0.717, 1.165) is 22.4 Å². The molecule has 1 aromatic heterocycles. The van der Waals surface area contributed by atoms with Crippen molar-refractivity contribution in [3.63, 3.8) is 0 Å². The number of hydrogen-bond acceptors (Lipinski definition) is 6. The molecule has 0 saturated heterocycles. The number of amides is 3. The Bertz CT molecular complexity index is 1060. The topological polar surface area (TPSA) is 95.0 Å². The van der Waals surface area contributed by atoms with E-state index in [1.807, 2.05) is 37.3 Å². The molecule has 3 amide bonds. The molecule has 3 heterocycles. The van der Waals surface area contributed by atoms with Crippen LogP contribution in [0.15, 0.2) is 47.8 Å². The second-order valence-corrected chi connectivity index (χ2v) is 9.58. The van der Waals surface area contributed by atoms with Crippen LogP contribution in [0.5, 0.6) is 0 Å². The Morgan fingerprint density at radius 1 is 1.15 bits per heavy atom. The Labute approximate surface area is 197 Å². The number of hydrogen-bond donors (Lipinski definition) is 1. The summed E-state index contributed by atoms with van der Waals surface area (Å²) in [6, 6.07) is 9.36. The second-order valence-electron chi connectivity index (χ2n) is 8.31. The van der Waals surface area contributed by atoms with Gasteiger partial charge in [0.05, 0.1) is 5.71 Å². The number of urea groups is 1. The summed E-state index contributed by atoms with van der Waals surface area (Å²) in [5.41, 5.74) is 4.69. The Hall–Kier alpha value is -3.20. The number of carbonyl (C=O) groups is 3. The van der Waals surface area contributed by atoms with Crippen molar-refractivity contribution in [3.8, 4) is 0 Å². The second kappa shape index (κ2) is 10.2. The molecule has 1 atom stereocenters. The molecule has 1 unspecified atom stereocenters. The van der Waals surface area contributed by atoms with E-state index in [2.05, 4.69) is 15.4 Å². The van der Waals surface area contributed by atoms with Crippen molar-refractivity contribution in [1.29, 1.82) is 0 Å².